The molecule has 0 aromatic carbocycles. The summed E-state index contributed by atoms with van der Waals surface area (Å²) in [5.74, 6) is 2.38. The molecule has 1 saturated heterocycles. The highest BCUT2D eigenvalue weighted by molar-refractivity contribution is 9.10. The molecule has 1 nitrogen and oxygen atoms in total. The molecule has 2 atom stereocenters. The van der Waals surface area contributed by atoms with Gasteiger partial charge in [-0.3, -0.25) is 0 Å². The smallest absolute Gasteiger partial charge is 0.0314 e. The number of thiophene rings is 1. The molecule has 2 heterocycles. The zero-order valence-corrected chi connectivity index (χ0v) is 13.3. The lowest BCUT2D eigenvalue weighted by molar-refractivity contribution is 0.283. The largest absolute Gasteiger partial charge is 0.316 e. The molecule has 1 aliphatic rings. The maximum Gasteiger partial charge on any atom is 0.0314 e. The van der Waals surface area contributed by atoms with Crippen LogP contribution in [0.5, 0.6) is 0 Å². The van der Waals surface area contributed by atoms with Crippen molar-refractivity contribution in [1.82, 2.24) is 5.32 Å². The van der Waals surface area contributed by atoms with Crippen molar-refractivity contribution < 1.29 is 0 Å². The van der Waals surface area contributed by atoms with Gasteiger partial charge in [-0.15, -0.1) is 11.3 Å². The summed E-state index contributed by atoms with van der Waals surface area (Å²) in [4.78, 5) is 3.00. The summed E-state index contributed by atoms with van der Waals surface area (Å²) in [7, 11) is 0. The van der Waals surface area contributed by atoms with Gasteiger partial charge in [0.1, 0.15) is 0 Å². The molecule has 0 amide bonds. The Kier molecular flexibility index (Phi) is 4.67. The Morgan fingerprint density at radius 2 is 2.29 bits per heavy atom. The van der Waals surface area contributed by atoms with Crippen molar-refractivity contribution in [2.45, 2.75) is 39.5 Å². The molecular formula is C14H22BrNS. The summed E-state index contributed by atoms with van der Waals surface area (Å²) in [5.41, 5.74) is 0. The highest BCUT2D eigenvalue weighted by Gasteiger charge is 2.28. The number of halogens is 1. The van der Waals surface area contributed by atoms with Gasteiger partial charge >= 0.3 is 0 Å². The van der Waals surface area contributed by atoms with Crippen LogP contribution in [0.2, 0.25) is 0 Å². The molecule has 3 heteroatoms. The zero-order chi connectivity index (χ0) is 12.4. The molecule has 1 aromatic rings. The van der Waals surface area contributed by atoms with Gasteiger partial charge in [0.25, 0.3) is 0 Å². The third-order valence-corrected chi connectivity index (χ3v) is 5.89. The van der Waals surface area contributed by atoms with E-state index >= 15 is 0 Å². The normalized spacial score (nSPS) is 25.5. The third kappa shape index (κ3) is 3.33. The maximum atomic E-state index is 3.65. The van der Waals surface area contributed by atoms with Crippen LogP contribution in [0.15, 0.2) is 10.5 Å². The molecule has 1 aromatic heterocycles. The van der Waals surface area contributed by atoms with Gasteiger partial charge in [-0.05, 0) is 72.6 Å². The van der Waals surface area contributed by atoms with Crippen molar-refractivity contribution in [3.8, 4) is 0 Å². The lowest BCUT2D eigenvalue weighted by Crippen LogP contribution is -2.35. The van der Waals surface area contributed by atoms with Gasteiger partial charge in [0.2, 0.25) is 0 Å². The van der Waals surface area contributed by atoms with Gasteiger partial charge < -0.3 is 5.32 Å². The molecule has 0 bridgehead atoms. The number of piperidine rings is 1. The number of hydrogen-bond donors (Lipinski definition) is 1. The first kappa shape index (κ1) is 13.6. The predicted octanol–water partition coefficient (Wildman–Crippen LogP) is 4.56. The number of rotatable bonds is 3. The van der Waals surface area contributed by atoms with Crippen LogP contribution in [0.25, 0.3) is 0 Å². The molecule has 0 aliphatic carbocycles. The summed E-state index contributed by atoms with van der Waals surface area (Å²) < 4.78 is 1.29. The Hall–Kier alpha value is 0.140. The third-order valence-electron chi connectivity index (χ3n) is 3.62. The average Bonchev–Trinajstić information content (AvgIpc) is 2.59. The van der Waals surface area contributed by atoms with Crippen molar-refractivity contribution in [2.75, 3.05) is 13.1 Å². The molecular weight excluding hydrogens is 294 g/mol. The van der Waals surface area contributed by atoms with Crippen molar-refractivity contribution >= 4 is 27.3 Å². The van der Waals surface area contributed by atoms with Crippen molar-refractivity contribution in [3.63, 3.8) is 0 Å². The van der Waals surface area contributed by atoms with E-state index in [-0.39, 0.29) is 0 Å². The molecule has 2 rings (SSSR count). The van der Waals surface area contributed by atoms with Crippen LogP contribution < -0.4 is 5.32 Å². The van der Waals surface area contributed by atoms with Gasteiger partial charge in [-0.2, -0.15) is 0 Å². The van der Waals surface area contributed by atoms with Crippen LogP contribution in [0.3, 0.4) is 0 Å². The lowest BCUT2D eigenvalue weighted by atomic mass is 9.80. The number of nitrogens with one attached hydrogen (secondary N) is 1. The molecule has 17 heavy (non-hydrogen) atoms. The summed E-state index contributed by atoms with van der Waals surface area (Å²) >= 11 is 5.63. The summed E-state index contributed by atoms with van der Waals surface area (Å²) in [6, 6.07) is 2.35. The van der Waals surface area contributed by atoms with Gasteiger partial charge in [0.15, 0.2) is 0 Å². The van der Waals surface area contributed by atoms with E-state index < -0.39 is 0 Å². The van der Waals surface area contributed by atoms with E-state index in [4.69, 9.17) is 0 Å². The Balaban J connectivity index is 2.15. The standard InChI is InChI=1S/C14H22BrNS/c1-9(2)6-11-8-16-5-4-12(11)14-7-13(15)10(3)17-14/h7,9,11-12,16H,4-6,8H2,1-3H3. The second-order valence-corrected chi connectivity index (χ2v) is 7.68. The first-order chi connectivity index (χ1) is 8.08. The van der Waals surface area contributed by atoms with Crippen LogP contribution in [0.1, 0.15) is 42.4 Å². The molecule has 0 spiro atoms. The monoisotopic (exact) mass is 315 g/mol. The topological polar surface area (TPSA) is 12.0 Å². The summed E-state index contributed by atoms with van der Waals surface area (Å²) in [6.45, 7) is 9.24. The predicted molar refractivity (Wildman–Crippen MR) is 79.9 cm³/mol. The van der Waals surface area contributed by atoms with E-state index in [0.29, 0.717) is 0 Å². The van der Waals surface area contributed by atoms with Crippen molar-refractivity contribution in [3.05, 3.63) is 20.3 Å². The average molecular weight is 316 g/mol. The Morgan fingerprint density at radius 3 is 2.88 bits per heavy atom. The van der Waals surface area contributed by atoms with E-state index in [0.717, 1.165) is 17.8 Å². The van der Waals surface area contributed by atoms with Crippen molar-refractivity contribution in [1.29, 1.82) is 0 Å². The second-order valence-electron chi connectivity index (χ2n) is 5.54. The minimum atomic E-state index is 0.772. The first-order valence-corrected chi connectivity index (χ1v) is 8.15. The van der Waals surface area contributed by atoms with Crippen LogP contribution in [-0.4, -0.2) is 13.1 Å². The molecule has 96 valence electrons. The Morgan fingerprint density at radius 1 is 1.53 bits per heavy atom. The highest BCUT2D eigenvalue weighted by atomic mass is 79.9. The van der Waals surface area contributed by atoms with Crippen LogP contribution in [0.4, 0.5) is 0 Å². The van der Waals surface area contributed by atoms with Gasteiger partial charge in [-0.25, -0.2) is 0 Å². The van der Waals surface area contributed by atoms with Gasteiger partial charge in [0.05, 0.1) is 0 Å². The van der Waals surface area contributed by atoms with E-state index in [1.54, 1.807) is 4.88 Å². The summed E-state index contributed by atoms with van der Waals surface area (Å²) in [6.07, 6.45) is 2.63. The number of aryl methyl sites for hydroxylation is 1. The van der Waals surface area contributed by atoms with Crippen LogP contribution in [-0.2, 0) is 0 Å². The van der Waals surface area contributed by atoms with E-state index in [9.17, 15) is 0 Å². The quantitative estimate of drug-likeness (QED) is 0.862. The van der Waals surface area contributed by atoms with Crippen molar-refractivity contribution in [2.24, 2.45) is 11.8 Å². The van der Waals surface area contributed by atoms with Gasteiger partial charge in [-0.1, -0.05) is 13.8 Å². The van der Waals surface area contributed by atoms with E-state index in [2.05, 4.69) is 48.1 Å². The fourth-order valence-corrected chi connectivity index (χ4v) is 4.60. The highest BCUT2D eigenvalue weighted by Crippen LogP contribution is 2.40. The zero-order valence-electron chi connectivity index (χ0n) is 10.9. The van der Waals surface area contributed by atoms with Crippen LogP contribution in [0, 0.1) is 18.8 Å². The summed E-state index contributed by atoms with van der Waals surface area (Å²) in [5, 5.41) is 3.55. The Bertz CT molecular complexity index is 353. The molecule has 0 saturated carbocycles. The Labute approximate surface area is 117 Å². The van der Waals surface area contributed by atoms with Gasteiger partial charge in [0, 0.05) is 14.2 Å². The number of hydrogen-bond acceptors (Lipinski definition) is 2. The molecule has 1 fully saturated rings. The second kappa shape index (κ2) is 5.85. The van der Waals surface area contributed by atoms with E-state index in [1.807, 2.05) is 11.3 Å². The fraction of sp³-hybridized carbons (Fsp3) is 0.714. The SMILES string of the molecule is Cc1sc(C2CCNCC2CC(C)C)cc1Br. The lowest BCUT2D eigenvalue weighted by Gasteiger charge is -2.32. The van der Waals surface area contributed by atoms with Crippen LogP contribution >= 0.6 is 27.3 Å². The molecule has 1 aliphatic heterocycles. The van der Waals surface area contributed by atoms with E-state index in [1.165, 1.54) is 35.3 Å². The maximum absolute atomic E-state index is 3.65. The molecule has 2 unspecified atom stereocenters. The molecule has 1 N–H and O–H groups in total. The molecule has 0 radical (unpaired) electrons. The minimum Gasteiger partial charge on any atom is -0.316 e. The minimum absolute atomic E-state index is 0.772. The fourth-order valence-electron chi connectivity index (χ4n) is 2.81. The first-order valence-electron chi connectivity index (χ1n) is 6.54.